The number of hydrogen-bond donors (Lipinski definition) is 1. The number of hydrogen-bond acceptors (Lipinski definition) is 3. The molecule has 5 heteroatoms. The van der Waals surface area contributed by atoms with Crippen LogP contribution in [0.4, 0.5) is 4.39 Å². The molecule has 3 atom stereocenters. The van der Waals surface area contributed by atoms with Gasteiger partial charge in [-0.1, -0.05) is 6.42 Å². The zero-order valence-electron chi connectivity index (χ0n) is 12.0. The van der Waals surface area contributed by atoms with Gasteiger partial charge in [-0.05, 0) is 37.4 Å². The predicted octanol–water partition coefficient (Wildman–Crippen LogP) is 2.21. The second kappa shape index (κ2) is 6.65. The third kappa shape index (κ3) is 3.30. The third-order valence-electron chi connectivity index (χ3n) is 4.98. The number of nitrogens with one attached hydrogen (secondary N) is 1. The first-order valence-electron chi connectivity index (χ1n) is 7.98. The van der Waals surface area contributed by atoms with Gasteiger partial charge in [-0.2, -0.15) is 11.8 Å². The van der Waals surface area contributed by atoms with E-state index < -0.39 is 6.17 Å². The average Bonchev–Trinajstić information content (AvgIpc) is 2.62. The van der Waals surface area contributed by atoms with Gasteiger partial charge in [0.2, 0.25) is 5.91 Å². The molecule has 2 heterocycles. The lowest BCUT2D eigenvalue weighted by atomic mass is 9.79. The first-order chi connectivity index (χ1) is 9.74. The van der Waals surface area contributed by atoms with Crippen LogP contribution >= 0.6 is 11.8 Å². The number of halogens is 1. The van der Waals surface area contributed by atoms with Crippen LogP contribution in [0.25, 0.3) is 0 Å². The van der Waals surface area contributed by atoms with E-state index in [4.69, 9.17) is 0 Å². The highest BCUT2D eigenvalue weighted by molar-refractivity contribution is 7.99. The lowest BCUT2D eigenvalue weighted by Crippen LogP contribution is -2.48. The van der Waals surface area contributed by atoms with Crippen LogP contribution < -0.4 is 5.32 Å². The predicted molar refractivity (Wildman–Crippen MR) is 80.7 cm³/mol. The number of carbonyl (C=O) groups is 1. The van der Waals surface area contributed by atoms with Crippen LogP contribution in [0.5, 0.6) is 0 Å². The molecule has 114 valence electrons. The van der Waals surface area contributed by atoms with E-state index in [-0.39, 0.29) is 11.9 Å². The Morgan fingerprint density at radius 1 is 1.35 bits per heavy atom. The summed E-state index contributed by atoms with van der Waals surface area (Å²) in [4.78, 5) is 14.8. The van der Waals surface area contributed by atoms with Crippen LogP contribution in [0.1, 0.15) is 38.5 Å². The number of amides is 1. The molecule has 1 N–H and O–H groups in total. The molecule has 0 aromatic carbocycles. The van der Waals surface area contributed by atoms with E-state index >= 15 is 0 Å². The summed E-state index contributed by atoms with van der Waals surface area (Å²) in [6.45, 7) is 1.32. The highest BCUT2D eigenvalue weighted by Gasteiger charge is 2.36. The van der Waals surface area contributed by atoms with Crippen molar-refractivity contribution in [3.63, 3.8) is 0 Å². The normalized spacial score (nSPS) is 35.6. The SMILES string of the molecule is O=C(C[C@@H]1C[C@H](F)CN1)N1CCCSCC1C1CCC1. The molecule has 1 aliphatic carbocycles. The summed E-state index contributed by atoms with van der Waals surface area (Å²) >= 11 is 2.00. The van der Waals surface area contributed by atoms with Crippen LogP contribution in [0.15, 0.2) is 0 Å². The van der Waals surface area contributed by atoms with Gasteiger partial charge in [-0.25, -0.2) is 4.39 Å². The Morgan fingerprint density at radius 2 is 2.20 bits per heavy atom. The molecule has 2 aliphatic heterocycles. The minimum atomic E-state index is -0.769. The maximum atomic E-state index is 13.2. The highest BCUT2D eigenvalue weighted by atomic mass is 32.2. The van der Waals surface area contributed by atoms with Crippen molar-refractivity contribution in [1.82, 2.24) is 10.2 Å². The minimum absolute atomic E-state index is 0.0513. The number of carbonyl (C=O) groups excluding carboxylic acids is 1. The Labute approximate surface area is 125 Å². The average molecular weight is 300 g/mol. The van der Waals surface area contributed by atoms with Crippen LogP contribution in [0.2, 0.25) is 0 Å². The Hall–Kier alpha value is -0.290. The Balaban J connectivity index is 1.60. The number of alkyl halides is 1. The van der Waals surface area contributed by atoms with Crippen LogP contribution in [-0.2, 0) is 4.79 Å². The summed E-state index contributed by atoms with van der Waals surface area (Å²) in [6, 6.07) is 0.488. The minimum Gasteiger partial charge on any atom is -0.339 e. The number of nitrogens with zero attached hydrogens (tertiary/aromatic N) is 1. The maximum Gasteiger partial charge on any atom is 0.224 e. The molecule has 3 aliphatic rings. The van der Waals surface area contributed by atoms with E-state index in [2.05, 4.69) is 10.2 Å². The molecule has 1 amide bonds. The van der Waals surface area contributed by atoms with Crippen molar-refractivity contribution in [3.8, 4) is 0 Å². The number of thioether (sulfide) groups is 1. The maximum absolute atomic E-state index is 13.2. The molecule has 0 spiro atoms. The standard InChI is InChI=1S/C15H25FN2OS/c16-12-7-13(17-9-12)8-15(19)18-5-2-6-20-10-14(18)11-3-1-4-11/h11-14,17H,1-10H2/t12-,13-,14?/m0/s1. The van der Waals surface area contributed by atoms with Crippen molar-refractivity contribution < 1.29 is 9.18 Å². The zero-order chi connectivity index (χ0) is 13.9. The van der Waals surface area contributed by atoms with Crippen molar-refractivity contribution in [3.05, 3.63) is 0 Å². The monoisotopic (exact) mass is 300 g/mol. The van der Waals surface area contributed by atoms with Gasteiger partial charge < -0.3 is 10.2 Å². The van der Waals surface area contributed by atoms with Gasteiger partial charge in [0.15, 0.2) is 0 Å². The summed E-state index contributed by atoms with van der Waals surface area (Å²) in [5, 5.41) is 3.14. The van der Waals surface area contributed by atoms with Crippen molar-refractivity contribution >= 4 is 17.7 Å². The molecule has 1 unspecified atom stereocenters. The molecule has 0 radical (unpaired) electrons. The first-order valence-corrected chi connectivity index (χ1v) is 9.14. The van der Waals surface area contributed by atoms with Gasteiger partial charge in [0.05, 0.1) is 0 Å². The summed E-state index contributed by atoms with van der Waals surface area (Å²) in [7, 11) is 0. The summed E-state index contributed by atoms with van der Waals surface area (Å²) in [6.07, 6.45) is 5.20. The fourth-order valence-corrected chi connectivity index (χ4v) is 4.77. The van der Waals surface area contributed by atoms with E-state index in [1.54, 1.807) is 0 Å². The van der Waals surface area contributed by atoms with Gasteiger partial charge in [0.1, 0.15) is 6.17 Å². The molecular weight excluding hydrogens is 275 g/mol. The summed E-state index contributed by atoms with van der Waals surface area (Å²) in [5.41, 5.74) is 0. The van der Waals surface area contributed by atoms with E-state index in [0.717, 1.165) is 24.6 Å². The van der Waals surface area contributed by atoms with Gasteiger partial charge in [-0.3, -0.25) is 4.79 Å². The zero-order valence-corrected chi connectivity index (χ0v) is 12.8. The Morgan fingerprint density at radius 3 is 2.85 bits per heavy atom. The van der Waals surface area contributed by atoms with Crippen LogP contribution in [-0.4, -0.2) is 53.7 Å². The molecule has 1 saturated carbocycles. The molecular formula is C15H25FN2OS. The summed E-state index contributed by atoms with van der Waals surface area (Å²) in [5.74, 6) is 3.23. The molecule has 3 fully saturated rings. The largest absolute Gasteiger partial charge is 0.339 e. The molecule has 3 nitrogen and oxygen atoms in total. The fourth-order valence-electron chi connectivity index (χ4n) is 3.58. The van der Waals surface area contributed by atoms with Crippen LogP contribution in [0.3, 0.4) is 0 Å². The smallest absolute Gasteiger partial charge is 0.224 e. The fraction of sp³-hybridized carbons (Fsp3) is 0.933. The topological polar surface area (TPSA) is 32.3 Å². The van der Waals surface area contributed by atoms with Crippen molar-refractivity contribution in [1.29, 1.82) is 0 Å². The van der Waals surface area contributed by atoms with E-state index in [9.17, 15) is 9.18 Å². The second-order valence-corrected chi connectivity index (χ2v) is 7.57. The third-order valence-corrected chi connectivity index (χ3v) is 6.13. The lowest BCUT2D eigenvalue weighted by molar-refractivity contribution is -0.135. The van der Waals surface area contributed by atoms with Crippen LogP contribution in [0, 0.1) is 5.92 Å². The van der Waals surface area contributed by atoms with Crippen molar-refractivity contribution in [2.75, 3.05) is 24.6 Å². The first kappa shape index (κ1) is 14.6. The van der Waals surface area contributed by atoms with Crippen molar-refractivity contribution in [2.45, 2.75) is 56.8 Å². The molecule has 0 aromatic heterocycles. The Bertz CT molecular complexity index is 351. The number of rotatable bonds is 3. The molecule has 2 saturated heterocycles. The van der Waals surface area contributed by atoms with Gasteiger partial charge in [0.25, 0.3) is 0 Å². The van der Waals surface area contributed by atoms with E-state index in [1.807, 2.05) is 11.8 Å². The van der Waals surface area contributed by atoms with E-state index in [0.29, 0.717) is 25.4 Å². The molecule has 0 aromatic rings. The molecule has 0 bridgehead atoms. The second-order valence-electron chi connectivity index (χ2n) is 6.42. The van der Waals surface area contributed by atoms with Gasteiger partial charge in [-0.15, -0.1) is 0 Å². The van der Waals surface area contributed by atoms with Gasteiger partial charge in [0, 0.05) is 37.3 Å². The van der Waals surface area contributed by atoms with Crippen molar-refractivity contribution in [2.24, 2.45) is 5.92 Å². The quantitative estimate of drug-likeness (QED) is 0.867. The lowest BCUT2D eigenvalue weighted by Gasteiger charge is -2.40. The Kier molecular flexibility index (Phi) is 4.87. The molecule has 3 rings (SSSR count). The summed E-state index contributed by atoms with van der Waals surface area (Å²) < 4.78 is 13.2. The van der Waals surface area contributed by atoms with E-state index in [1.165, 1.54) is 25.0 Å². The highest BCUT2D eigenvalue weighted by Crippen LogP contribution is 2.35. The van der Waals surface area contributed by atoms with Gasteiger partial charge >= 0.3 is 0 Å². The molecule has 20 heavy (non-hydrogen) atoms.